The number of pyridine rings is 1. The van der Waals surface area contributed by atoms with Gasteiger partial charge in [0.1, 0.15) is 5.82 Å². The Morgan fingerprint density at radius 3 is 2.00 bits per heavy atom. The fraction of sp³-hybridized carbons (Fsp3) is 0.0577. The molecular formula is C52H36N2. The van der Waals surface area contributed by atoms with Crippen molar-refractivity contribution in [2.75, 3.05) is 4.90 Å². The molecule has 2 heteroatoms. The Hall–Kier alpha value is -6.77. The maximum absolute atomic E-state index is 5.07. The molecule has 11 rings (SSSR count). The fourth-order valence-electron chi connectivity index (χ4n) is 9.07. The molecule has 0 fully saturated rings. The molecule has 1 aromatic heterocycles. The van der Waals surface area contributed by atoms with E-state index in [1.807, 2.05) is 6.20 Å². The molecule has 0 N–H and O–H groups in total. The number of anilines is 3. The first kappa shape index (κ1) is 30.8. The van der Waals surface area contributed by atoms with Crippen LogP contribution in [0.4, 0.5) is 17.2 Å². The number of nitrogens with zero attached hydrogens (tertiary/aromatic N) is 2. The first-order valence-electron chi connectivity index (χ1n) is 18.9. The van der Waals surface area contributed by atoms with Gasteiger partial charge in [0.25, 0.3) is 0 Å². The van der Waals surface area contributed by atoms with Gasteiger partial charge in [0.05, 0.1) is 5.69 Å². The number of allylic oxidation sites excluding steroid dienone is 4. The van der Waals surface area contributed by atoms with E-state index in [1.54, 1.807) is 0 Å². The highest BCUT2D eigenvalue weighted by molar-refractivity contribution is 6.25. The minimum Gasteiger partial charge on any atom is -0.294 e. The van der Waals surface area contributed by atoms with Gasteiger partial charge in [-0.2, -0.15) is 0 Å². The molecule has 1 unspecified atom stereocenters. The summed E-state index contributed by atoms with van der Waals surface area (Å²) in [4.78, 5) is 7.43. The van der Waals surface area contributed by atoms with Gasteiger partial charge in [0, 0.05) is 22.8 Å². The van der Waals surface area contributed by atoms with Crippen LogP contribution < -0.4 is 4.90 Å². The SMILES string of the molecule is CC1C=C(c2ccc3c4ccccc4c4ccccc4c3c2)C=C(c2cccc(N3c4ccccc4-c4cc(-c5ccccc5)cc5ccnc3c45)c2)C1. The van der Waals surface area contributed by atoms with Crippen LogP contribution in [-0.2, 0) is 0 Å². The summed E-state index contributed by atoms with van der Waals surface area (Å²) < 4.78 is 0. The molecular weight excluding hydrogens is 653 g/mol. The van der Waals surface area contributed by atoms with E-state index in [-0.39, 0.29) is 0 Å². The first-order chi connectivity index (χ1) is 26.7. The Balaban J connectivity index is 1.03. The quantitative estimate of drug-likeness (QED) is 0.171. The Labute approximate surface area is 315 Å². The van der Waals surface area contributed by atoms with E-state index in [2.05, 4.69) is 188 Å². The number of fused-ring (bicyclic) bond motifs is 8. The summed E-state index contributed by atoms with van der Waals surface area (Å²) in [7, 11) is 0. The highest BCUT2D eigenvalue weighted by Crippen LogP contribution is 2.51. The van der Waals surface area contributed by atoms with E-state index in [9.17, 15) is 0 Å². The molecule has 1 aliphatic heterocycles. The van der Waals surface area contributed by atoms with Crippen molar-refractivity contribution in [2.45, 2.75) is 13.3 Å². The summed E-state index contributed by atoms with van der Waals surface area (Å²) in [5.74, 6) is 1.38. The van der Waals surface area contributed by atoms with Crippen molar-refractivity contribution in [3.8, 4) is 22.3 Å². The molecule has 2 nitrogen and oxygen atoms in total. The second kappa shape index (κ2) is 12.1. The Kier molecular flexibility index (Phi) is 6.93. The summed E-state index contributed by atoms with van der Waals surface area (Å²) in [6.45, 7) is 2.34. The highest BCUT2D eigenvalue weighted by Gasteiger charge is 2.28. The van der Waals surface area contributed by atoms with E-state index < -0.39 is 0 Å². The standard InChI is InChI=1S/C52H36N2/c1-33-26-38(29-39(27-33)36-22-23-46-44-18-6-5-16-42(44)43-17-7-8-19-45(43)48(46)31-36)35-14-11-15-41(30-35)54-50-21-10-9-20-47(50)49-32-40(34-12-3-2-4-13-34)28-37-24-25-53-52(54)51(37)49/h2-25,27-33H,26H2,1H3. The van der Waals surface area contributed by atoms with E-state index >= 15 is 0 Å². The van der Waals surface area contributed by atoms with Crippen LogP contribution >= 0.6 is 0 Å². The van der Waals surface area contributed by atoms with Crippen molar-refractivity contribution in [3.63, 3.8) is 0 Å². The Morgan fingerprint density at radius 2 is 1.20 bits per heavy atom. The molecule has 0 saturated heterocycles. The first-order valence-corrected chi connectivity index (χ1v) is 18.9. The lowest BCUT2D eigenvalue weighted by Gasteiger charge is -2.33. The Bertz CT molecular complexity index is 3010. The third-order valence-electron chi connectivity index (χ3n) is 11.5. The van der Waals surface area contributed by atoms with Gasteiger partial charge >= 0.3 is 0 Å². The lowest BCUT2D eigenvalue weighted by Crippen LogP contribution is -2.16. The third kappa shape index (κ3) is 4.84. The van der Waals surface area contributed by atoms with Gasteiger partial charge in [-0.3, -0.25) is 4.90 Å². The van der Waals surface area contributed by atoms with Crippen molar-refractivity contribution < 1.29 is 0 Å². The monoisotopic (exact) mass is 688 g/mol. The number of benzene rings is 8. The van der Waals surface area contributed by atoms with Crippen LogP contribution in [0.15, 0.2) is 182 Å². The number of rotatable bonds is 4. The molecule has 0 spiro atoms. The Morgan fingerprint density at radius 1 is 0.519 bits per heavy atom. The molecule has 2 aliphatic rings. The summed E-state index contributed by atoms with van der Waals surface area (Å²) in [6, 6.07) is 60.0. The summed E-state index contributed by atoms with van der Waals surface area (Å²) in [5.41, 5.74) is 12.3. The lowest BCUT2D eigenvalue weighted by atomic mass is 9.84. The van der Waals surface area contributed by atoms with Crippen LogP contribution in [-0.4, -0.2) is 4.98 Å². The van der Waals surface area contributed by atoms with Gasteiger partial charge in [-0.05, 0) is 131 Å². The second-order valence-electron chi connectivity index (χ2n) is 14.8. The molecule has 54 heavy (non-hydrogen) atoms. The second-order valence-corrected chi connectivity index (χ2v) is 14.8. The summed E-state index contributed by atoms with van der Waals surface area (Å²) in [5, 5.41) is 10.2. The van der Waals surface area contributed by atoms with E-state index in [0.29, 0.717) is 5.92 Å². The molecule has 254 valence electrons. The van der Waals surface area contributed by atoms with Crippen molar-refractivity contribution in [1.82, 2.24) is 4.98 Å². The number of aromatic nitrogens is 1. The van der Waals surface area contributed by atoms with Crippen molar-refractivity contribution in [3.05, 3.63) is 193 Å². The fourth-order valence-corrected chi connectivity index (χ4v) is 9.07. The minimum absolute atomic E-state index is 0.407. The lowest BCUT2D eigenvalue weighted by molar-refractivity contribution is 0.752. The number of para-hydroxylation sites is 1. The zero-order valence-corrected chi connectivity index (χ0v) is 30.0. The highest BCUT2D eigenvalue weighted by atomic mass is 15.2. The maximum atomic E-state index is 5.07. The van der Waals surface area contributed by atoms with Gasteiger partial charge in [-0.15, -0.1) is 0 Å². The average molecular weight is 689 g/mol. The molecule has 0 saturated carbocycles. The van der Waals surface area contributed by atoms with Crippen LogP contribution in [0.1, 0.15) is 24.5 Å². The normalized spacial score (nSPS) is 15.1. The molecule has 0 amide bonds. The molecule has 9 aromatic rings. The van der Waals surface area contributed by atoms with Gasteiger partial charge in [0.15, 0.2) is 0 Å². The molecule has 0 radical (unpaired) electrons. The predicted octanol–water partition coefficient (Wildman–Crippen LogP) is 14.3. The average Bonchev–Trinajstić information content (AvgIpc) is 3.24. The smallest absolute Gasteiger partial charge is 0.146 e. The van der Waals surface area contributed by atoms with Gasteiger partial charge in [-0.1, -0.05) is 140 Å². The van der Waals surface area contributed by atoms with E-state index in [4.69, 9.17) is 4.98 Å². The van der Waals surface area contributed by atoms with Crippen LogP contribution in [0.2, 0.25) is 0 Å². The van der Waals surface area contributed by atoms with Crippen LogP contribution in [0.5, 0.6) is 0 Å². The van der Waals surface area contributed by atoms with E-state index in [0.717, 1.165) is 23.6 Å². The molecule has 1 atom stereocenters. The largest absolute Gasteiger partial charge is 0.294 e. The molecule has 8 aromatic carbocycles. The van der Waals surface area contributed by atoms with Gasteiger partial charge < -0.3 is 0 Å². The molecule has 2 heterocycles. The van der Waals surface area contributed by atoms with E-state index in [1.165, 1.54) is 87.6 Å². The van der Waals surface area contributed by atoms with Crippen molar-refractivity contribution in [2.24, 2.45) is 5.92 Å². The van der Waals surface area contributed by atoms with Gasteiger partial charge in [0.2, 0.25) is 0 Å². The zero-order valence-electron chi connectivity index (χ0n) is 30.0. The molecule has 1 aliphatic carbocycles. The topological polar surface area (TPSA) is 16.1 Å². The minimum atomic E-state index is 0.407. The van der Waals surface area contributed by atoms with Gasteiger partial charge in [-0.25, -0.2) is 4.98 Å². The van der Waals surface area contributed by atoms with Crippen LogP contribution in [0, 0.1) is 5.92 Å². The molecule has 0 bridgehead atoms. The summed E-state index contributed by atoms with van der Waals surface area (Å²) in [6.07, 6.45) is 7.82. The number of hydrogen-bond acceptors (Lipinski definition) is 2. The van der Waals surface area contributed by atoms with Crippen molar-refractivity contribution in [1.29, 1.82) is 0 Å². The van der Waals surface area contributed by atoms with Crippen LogP contribution in [0.3, 0.4) is 0 Å². The number of hydrogen-bond donors (Lipinski definition) is 0. The third-order valence-corrected chi connectivity index (χ3v) is 11.5. The summed E-state index contributed by atoms with van der Waals surface area (Å²) >= 11 is 0. The van der Waals surface area contributed by atoms with Crippen LogP contribution in [0.25, 0.3) is 76.5 Å². The zero-order chi connectivity index (χ0) is 35.8. The van der Waals surface area contributed by atoms with Crippen molar-refractivity contribution >= 4 is 71.4 Å². The predicted molar refractivity (Wildman–Crippen MR) is 230 cm³/mol. The maximum Gasteiger partial charge on any atom is 0.146 e.